The van der Waals surface area contributed by atoms with E-state index < -0.39 is 15.8 Å². The molecule has 2 heterocycles. The minimum atomic E-state index is -3.70. The number of ether oxygens (including phenoxy) is 1. The second-order valence-electron chi connectivity index (χ2n) is 6.60. The summed E-state index contributed by atoms with van der Waals surface area (Å²) in [5.41, 5.74) is 1.93. The minimum absolute atomic E-state index is 0.115. The molecule has 8 heteroatoms. The molecule has 2 aromatic carbocycles. The average molecular weight is 388 g/mol. The summed E-state index contributed by atoms with van der Waals surface area (Å²) in [6.07, 6.45) is 0.453. The van der Waals surface area contributed by atoms with Gasteiger partial charge in [0.2, 0.25) is 10.0 Å². The summed E-state index contributed by atoms with van der Waals surface area (Å²) in [6.45, 7) is 0.928. The highest BCUT2D eigenvalue weighted by Crippen LogP contribution is 2.23. The zero-order valence-corrected chi connectivity index (χ0v) is 15.7. The van der Waals surface area contributed by atoms with E-state index in [1.165, 1.54) is 21.0 Å². The van der Waals surface area contributed by atoms with Gasteiger partial charge >= 0.3 is 5.76 Å². The second-order valence-corrected chi connectivity index (χ2v) is 8.54. The molecule has 1 unspecified atom stereocenters. The Kier molecular flexibility index (Phi) is 4.63. The molecule has 1 aliphatic heterocycles. The van der Waals surface area contributed by atoms with Crippen molar-refractivity contribution >= 4 is 21.1 Å². The molecule has 3 aromatic rings. The Bertz CT molecular complexity index is 1120. The fourth-order valence-electron chi connectivity index (χ4n) is 3.33. The summed E-state index contributed by atoms with van der Waals surface area (Å²) in [6, 6.07) is 14.4. The van der Waals surface area contributed by atoms with Gasteiger partial charge in [0.15, 0.2) is 5.58 Å². The van der Waals surface area contributed by atoms with Gasteiger partial charge in [-0.1, -0.05) is 30.3 Å². The first-order valence-electron chi connectivity index (χ1n) is 8.70. The summed E-state index contributed by atoms with van der Waals surface area (Å²) in [5, 5.41) is 0. The third-order valence-electron chi connectivity index (χ3n) is 4.81. The lowest BCUT2D eigenvalue weighted by Gasteiger charge is -2.32. The lowest BCUT2D eigenvalue weighted by atomic mass is 10.1. The number of rotatable bonds is 4. The number of fused-ring (bicyclic) bond motifs is 1. The van der Waals surface area contributed by atoms with E-state index in [2.05, 4.69) is 0 Å². The summed E-state index contributed by atoms with van der Waals surface area (Å²) in [5.74, 6) is -0.520. The molecule has 1 aromatic heterocycles. The molecule has 27 heavy (non-hydrogen) atoms. The molecule has 1 fully saturated rings. The number of benzene rings is 2. The topological polar surface area (TPSA) is 81.8 Å². The van der Waals surface area contributed by atoms with Gasteiger partial charge in [-0.2, -0.15) is 4.31 Å². The van der Waals surface area contributed by atoms with Crippen LogP contribution in [0.2, 0.25) is 0 Å². The second kappa shape index (κ2) is 6.95. The van der Waals surface area contributed by atoms with Crippen molar-refractivity contribution in [3.63, 3.8) is 0 Å². The minimum Gasteiger partial charge on any atom is -0.408 e. The van der Waals surface area contributed by atoms with E-state index in [4.69, 9.17) is 9.15 Å². The number of hydrogen-bond donors (Lipinski definition) is 0. The van der Waals surface area contributed by atoms with Crippen LogP contribution in [0.25, 0.3) is 11.1 Å². The smallest absolute Gasteiger partial charge is 0.408 e. The predicted molar refractivity (Wildman–Crippen MR) is 100 cm³/mol. The number of sulfonamides is 1. The molecular weight excluding hydrogens is 368 g/mol. The van der Waals surface area contributed by atoms with E-state index in [0.29, 0.717) is 25.1 Å². The highest BCUT2D eigenvalue weighted by molar-refractivity contribution is 7.89. The Morgan fingerprint density at radius 1 is 1.15 bits per heavy atom. The van der Waals surface area contributed by atoms with Crippen LogP contribution in [0.1, 0.15) is 5.56 Å². The summed E-state index contributed by atoms with van der Waals surface area (Å²) in [4.78, 5) is 11.8. The average Bonchev–Trinajstić information content (AvgIpc) is 2.96. The lowest BCUT2D eigenvalue weighted by Crippen LogP contribution is -2.46. The first kappa shape index (κ1) is 18.0. The van der Waals surface area contributed by atoms with Crippen molar-refractivity contribution in [3.8, 4) is 0 Å². The van der Waals surface area contributed by atoms with Crippen LogP contribution in [0.5, 0.6) is 0 Å². The van der Waals surface area contributed by atoms with Gasteiger partial charge < -0.3 is 9.15 Å². The molecule has 4 rings (SSSR count). The van der Waals surface area contributed by atoms with Gasteiger partial charge in [0.25, 0.3) is 0 Å². The Morgan fingerprint density at radius 2 is 1.93 bits per heavy atom. The molecule has 142 valence electrons. The molecule has 1 atom stereocenters. The van der Waals surface area contributed by atoms with Crippen LogP contribution in [-0.4, -0.2) is 43.1 Å². The van der Waals surface area contributed by atoms with Crippen LogP contribution in [-0.2, 0) is 28.2 Å². The molecular formula is C19H20N2O5S. The third-order valence-corrected chi connectivity index (χ3v) is 6.67. The first-order valence-corrected chi connectivity index (χ1v) is 10.1. The zero-order chi connectivity index (χ0) is 19.0. The van der Waals surface area contributed by atoms with E-state index >= 15 is 0 Å². The van der Waals surface area contributed by atoms with Crippen LogP contribution in [0.3, 0.4) is 0 Å². The predicted octanol–water partition coefficient (Wildman–Crippen LogP) is 1.76. The number of oxazole rings is 1. The van der Waals surface area contributed by atoms with E-state index in [-0.39, 0.29) is 23.1 Å². The Morgan fingerprint density at radius 3 is 2.70 bits per heavy atom. The van der Waals surface area contributed by atoms with Crippen molar-refractivity contribution in [1.29, 1.82) is 0 Å². The Hall–Kier alpha value is -2.42. The molecule has 0 aliphatic carbocycles. The van der Waals surface area contributed by atoms with Crippen LogP contribution >= 0.6 is 0 Å². The molecule has 1 saturated heterocycles. The van der Waals surface area contributed by atoms with Crippen LogP contribution in [0.4, 0.5) is 0 Å². The van der Waals surface area contributed by atoms with Gasteiger partial charge in [-0.3, -0.25) is 4.57 Å². The number of aryl methyl sites for hydroxylation is 1. The van der Waals surface area contributed by atoms with Crippen molar-refractivity contribution in [2.24, 2.45) is 7.05 Å². The van der Waals surface area contributed by atoms with Crippen molar-refractivity contribution in [3.05, 3.63) is 64.6 Å². The van der Waals surface area contributed by atoms with E-state index in [1.807, 2.05) is 30.3 Å². The zero-order valence-electron chi connectivity index (χ0n) is 14.9. The molecule has 0 bridgehead atoms. The maximum atomic E-state index is 13.1. The maximum Gasteiger partial charge on any atom is 0.419 e. The Labute approximate surface area is 156 Å². The highest BCUT2D eigenvalue weighted by Gasteiger charge is 2.31. The molecule has 0 amide bonds. The largest absolute Gasteiger partial charge is 0.419 e. The first-order chi connectivity index (χ1) is 12.9. The monoisotopic (exact) mass is 388 g/mol. The van der Waals surface area contributed by atoms with Gasteiger partial charge in [0.1, 0.15) is 0 Å². The number of morpholine rings is 1. The molecule has 7 nitrogen and oxygen atoms in total. The summed E-state index contributed by atoms with van der Waals surface area (Å²) >= 11 is 0. The van der Waals surface area contributed by atoms with Crippen molar-refractivity contribution < 1.29 is 17.6 Å². The summed E-state index contributed by atoms with van der Waals surface area (Å²) < 4.78 is 39.8. The van der Waals surface area contributed by atoms with Gasteiger partial charge in [-0.25, -0.2) is 13.2 Å². The van der Waals surface area contributed by atoms with Gasteiger partial charge in [0, 0.05) is 26.2 Å². The van der Waals surface area contributed by atoms with Crippen molar-refractivity contribution in [2.75, 3.05) is 19.7 Å². The van der Waals surface area contributed by atoms with Crippen LogP contribution in [0, 0.1) is 0 Å². The molecule has 0 radical (unpaired) electrons. The number of nitrogens with zero attached hydrogens (tertiary/aromatic N) is 2. The fourth-order valence-corrected chi connectivity index (χ4v) is 4.81. The Balaban J connectivity index is 1.58. The maximum absolute atomic E-state index is 13.1. The molecule has 0 spiro atoms. The van der Waals surface area contributed by atoms with E-state index in [9.17, 15) is 13.2 Å². The van der Waals surface area contributed by atoms with E-state index in [1.54, 1.807) is 13.1 Å². The van der Waals surface area contributed by atoms with Gasteiger partial charge in [-0.15, -0.1) is 0 Å². The summed E-state index contributed by atoms with van der Waals surface area (Å²) in [7, 11) is -2.12. The lowest BCUT2D eigenvalue weighted by molar-refractivity contribution is -0.000493. The van der Waals surface area contributed by atoms with Gasteiger partial charge in [-0.05, 0) is 24.1 Å². The van der Waals surface area contributed by atoms with Crippen molar-refractivity contribution in [2.45, 2.75) is 17.4 Å². The molecule has 1 aliphatic rings. The number of aromatic nitrogens is 1. The normalized spacial score (nSPS) is 18.8. The number of hydrogen-bond acceptors (Lipinski definition) is 5. The standard InChI is InChI=1S/C19H20N2O5S/c1-20-17-8-7-16(12-18(17)26-19(20)22)27(23,24)21-9-10-25-15(13-21)11-14-5-3-2-4-6-14/h2-8,12,15H,9-11,13H2,1H3. The van der Waals surface area contributed by atoms with Crippen LogP contribution in [0.15, 0.2) is 62.6 Å². The fraction of sp³-hybridized carbons (Fsp3) is 0.316. The van der Waals surface area contributed by atoms with E-state index in [0.717, 1.165) is 5.56 Å². The van der Waals surface area contributed by atoms with Crippen LogP contribution < -0.4 is 5.76 Å². The molecule has 0 saturated carbocycles. The quantitative estimate of drug-likeness (QED) is 0.680. The van der Waals surface area contributed by atoms with Crippen molar-refractivity contribution in [1.82, 2.24) is 8.87 Å². The third kappa shape index (κ3) is 3.43. The molecule has 0 N–H and O–H groups in total. The highest BCUT2D eigenvalue weighted by atomic mass is 32.2. The van der Waals surface area contributed by atoms with Gasteiger partial charge in [0.05, 0.1) is 23.1 Å². The SMILES string of the molecule is Cn1c(=O)oc2cc(S(=O)(=O)N3CCOC(Cc4ccccc4)C3)ccc21.